The van der Waals surface area contributed by atoms with Crippen molar-refractivity contribution in [1.82, 2.24) is 4.31 Å². The van der Waals surface area contributed by atoms with Crippen LogP contribution in [0.1, 0.15) is 56.1 Å². The van der Waals surface area contributed by atoms with Crippen molar-refractivity contribution in [2.24, 2.45) is 23.2 Å². The Morgan fingerprint density at radius 2 is 1.64 bits per heavy atom. The SMILES string of the molecule is Cc1ccc(S(=O)(=O)N2C[C@@H](O)C[C@@H]2C(=O)OCC(=O)C23CC4CC(CC(C4)C2)C3)cc1C. The second-order valence-electron chi connectivity index (χ2n) is 11.0. The maximum absolute atomic E-state index is 13.3. The van der Waals surface area contributed by atoms with Crippen LogP contribution in [0.4, 0.5) is 0 Å². The number of aryl methyl sites for hydroxylation is 2. The quantitative estimate of drug-likeness (QED) is 0.635. The smallest absolute Gasteiger partial charge is 0.325 e. The molecule has 0 spiro atoms. The Bertz CT molecular complexity index is 1050. The zero-order valence-electron chi connectivity index (χ0n) is 19.3. The van der Waals surface area contributed by atoms with E-state index in [1.807, 2.05) is 13.8 Å². The maximum Gasteiger partial charge on any atom is 0.325 e. The summed E-state index contributed by atoms with van der Waals surface area (Å²) in [7, 11) is -3.99. The molecule has 180 valence electrons. The van der Waals surface area contributed by atoms with Crippen molar-refractivity contribution >= 4 is 21.8 Å². The van der Waals surface area contributed by atoms with E-state index in [-0.39, 0.29) is 35.7 Å². The summed E-state index contributed by atoms with van der Waals surface area (Å²) in [6, 6.07) is 3.69. The first-order valence-electron chi connectivity index (χ1n) is 12.0. The second-order valence-corrected chi connectivity index (χ2v) is 12.8. The van der Waals surface area contributed by atoms with Gasteiger partial charge in [-0.2, -0.15) is 4.31 Å². The van der Waals surface area contributed by atoms with E-state index in [0.29, 0.717) is 17.8 Å². The molecule has 5 aliphatic rings. The summed E-state index contributed by atoms with van der Waals surface area (Å²) >= 11 is 0. The summed E-state index contributed by atoms with van der Waals surface area (Å²) in [6.07, 6.45) is 5.35. The van der Waals surface area contributed by atoms with Gasteiger partial charge in [0.1, 0.15) is 6.04 Å². The third-order valence-corrected chi connectivity index (χ3v) is 10.4. The van der Waals surface area contributed by atoms with Crippen LogP contribution in [0.3, 0.4) is 0 Å². The Morgan fingerprint density at radius 3 is 2.21 bits per heavy atom. The molecule has 1 saturated heterocycles. The lowest BCUT2D eigenvalue weighted by molar-refractivity contribution is -0.159. The fourth-order valence-electron chi connectivity index (χ4n) is 7.11. The molecule has 1 aromatic rings. The lowest BCUT2D eigenvalue weighted by atomic mass is 9.48. The van der Waals surface area contributed by atoms with Crippen LogP contribution in [0, 0.1) is 37.0 Å². The molecule has 1 heterocycles. The highest BCUT2D eigenvalue weighted by atomic mass is 32.2. The molecule has 0 aromatic heterocycles. The van der Waals surface area contributed by atoms with Crippen molar-refractivity contribution in [2.45, 2.75) is 75.8 Å². The first-order chi connectivity index (χ1) is 15.6. The molecule has 4 saturated carbocycles. The minimum atomic E-state index is -3.99. The molecule has 2 atom stereocenters. The molecule has 33 heavy (non-hydrogen) atoms. The average molecular weight is 476 g/mol. The molecule has 4 aliphatic carbocycles. The number of ether oxygens (including phenoxy) is 1. The first kappa shape index (κ1) is 23.0. The molecule has 1 aliphatic heterocycles. The molecule has 8 heteroatoms. The zero-order valence-corrected chi connectivity index (χ0v) is 20.1. The van der Waals surface area contributed by atoms with Gasteiger partial charge in [-0.15, -0.1) is 0 Å². The van der Waals surface area contributed by atoms with Crippen LogP contribution in [0.2, 0.25) is 0 Å². The van der Waals surface area contributed by atoms with Crippen molar-refractivity contribution in [2.75, 3.05) is 13.2 Å². The predicted molar refractivity (Wildman–Crippen MR) is 121 cm³/mol. The summed E-state index contributed by atoms with van der Waals surface area (Å²) in [5.41, 5.74) is 1.43. The summed E-state index contributed by atoms with van der Waals surface area (Å²) < 4.78 is 33.0. The Balaban J connectivity index is 1.28. The number of aliphatic hydroxyl groups excluding tert-OH is 1. The predicted octanol–water partition coefficient (Wildman–Crippen LogP) is 2.76. The fraction of sp³-hybridized carbons (Fsp3) is 0.680. The van der Waals surface area contributed by atoms with Crippen LogP contribution in [-0.2, 0) is 24.3 Å². The minimum absolute atomic E-state index is 0.0166. The van der Waals surface area contributed by atoms with Gasteiger partial charge in [0.25, 0.3) is 0 Å². The largest absolute Gasteiger partial charge is 0.456 e. The van der Waals surface area contributed by atoms with Crippen molar-refractivity contribution in [3.05, 3.63) is 29.3 Å². The number of hydrogen-bond donors (Lipinski definition) is 1. The lowest BCUT2D eigenvalue weighted by Gasteiger charge is -2.55. The number of β-amino-alcohol motifs (C(OH)–C–C–N with tert-alkyl or cyclic N) is 1. The number of ketones is 1. The number of sulfonamides is 1. The van der Waals surface area contributed by atoms with E-state index in [2.05, 4.69) is 0 Å². The lowest BCUT2D eigenvalue weighted by Crippen LogP contribution is -2.51. The monoisotopic (exact) mass is 475 g/mol. The highest BCUT2D eigenvalue weighted by Gasteiger charge is 2.54. The second kappa shape index (κ2) is 8.17. The van der Waals surface area contributed by atoms with Crippen LogP contribution in [0.5, 0.6) is 0 Å². The van der Waals surface area contributed by atoms with Crippen LogP contribution < -0.4 is 0 Å². The standard InChI is InChI=1S/C25H33NO6S/c1-15-3-4-21(5-16(15)2)33(30,31)26-13-20(27)9-22(26)24(29)32-14-23(28)25-10-17-6-18(11-25)8-19(7-17)12-25/h3-5,17-20,22,27H,6-14H2,1-2H3/t17?,18?,19?,20-,22+,25?/m0/s1. The molecule has 0 unspecified atom stereocenters. The number of aliphatic hydroxyl groups is 1. The number of hydrogen-bond acceptors (Lipinski definition) is 6. The minimum Gasteiger partial charge on any atom is -0.456 e. The number of benzene rings is 1. The highest BCUT2D eigenvalue weighted by molar-refractivity contribution is 7.89. The van der Waals surface area contributed by atoms with Gasteiger partial charge in [-0.25, -0.2) is 8.42 Å². The van der Waals surface area contributed by atoms with Gasteiger partial charge in [0.15, 0.2) is 12.4 Å². The van der Waals surface area contributed by atoms with E-state index < -0.39 is 28.1 Å². The van der Waals surface area contributed by atoms with Gasteiger partial charge in [0.2, 0.25) is 10.0 Å². The summed E-state index contributed by atoms with van der Waals surface area (Å²) in [6.45, 7) is 3.24. The molecule has 5 fully saturated rings. The number of rotatable bonds is 6. The van der Waals surface area contributed by atoms with E-state index in [1.54, 1.807) is 12.1 Å². The molecule has 0 amide bonds. The summed E-state index contributed by atoms with van der Waals surface area (Å²) in [5, 5.41) is 10.2. The van der Waals surface area contributed by atoms with Gasteiger partial charge in [0, 0.05) is 18.4 Å². The van der Waals surface area contributed by atoms with Gasteiger partial charge in [-0.3, -0.25) is 9.59 Å². The van der Waals surface area contributed by atoms with Gasteiger partial charge in [-0.1, -0.05) is 6.07 Å². The van der Waals surface area contributed by atoms with Crippen molar-refractivity contribution in [3.8, 4) is 0 Å². The number of nitrogens with zero attached hydrogens (tertiary/aromatic N) is 1. The van der Waals surface area contributed by atoms with Crippen LogP contribution >= 0.6 is 0 Å². The van der Waals surface area contributed by atoms with Gasteiger partial charge in [0.05, 0.1) is 11.0 Å². The molecule has 6 rings (SSSR count). The molecule has 1 aromatic carbocycles. The Morgan fingerprint density at radius 1 is 1.03 bits per heavy atom. The summed E-state index contributed by atoms with van der Waals surface area (Å²) in [5.74, 6) is 1.06. The summed E-state index contributed by atoms with van der Waals surface area (Å²) in [4.78, 5) is 26.2. The number of carbonyl (C=O) groups excluding carboxylic acids is 2. The van der Waals surface area contributed by atoms with Crippen molar-refractivity contribution in [1.29, 1.82) is 0 Å². The number of Topliss-reactive ketones (excluding diaryl/α,β-unsaturated/α-hetero) is 1. The average Bonchev–Trinajstić information content (AvgIpc) is 3.15. The van der Waals surface area contributed by atoms with Crippen LogP contribution in [0.25, 0.3) is 0 Å². The van der Waals surface area contributed by atoms with Gasteiger partial charge < -0.3 is 9.84 Å². The highest BCUT2D eigenvalue weighted by Crippen LogP contribution is 2.60. The van der Waals surface area contributed by atoms with Crippen LogP contribution in [0.15, 0.2) is 23.1 Å². The van der Waals surface area contributed by atoms with Crippen molar-refractivity contribution in [3.63, 3.8) is 0 Å². The van der Waals surface area contributed by atoms with E-state index in [4.69, 9.17) is 4.74 Å². The molecular formula is C25H33NO6S. The Kier molecular flexibility index (Phi) is 5.69. The number of carbonyl (C=O) groups is 2. The maximum atomic E-state index is 13.3. The van der Waals surface area contributed by atoms with Gasteiger partial charge in [-0.05, 0) is 93.4 Å². The molecule has 1 N–H and O–H groups in total. The van der Waals surface area contributed by atoms with Crippen LogP contribution in [-0.4, -0.2) is 54.9 Å². The third-order valence-electron chi connectivity index (χ3n) is 8.57. The molecule has 4 bridgehead atoms. The van der Waals surface area contributed by atoms with E-state index in [0.717, 1.165) is 34.7 Å². The third kappa shape index (κ3) is 4.04. The molecule has 7 nitrogen and oxygen atoms in total. The normalized spacial score (nSPS) is 35.7. The van der Waals surface area contributed by atoms with E-state index >= 15 is 0 Å². The molecule has 0 radical (unpaired) electrons. The first-order valence-corrected chi connectivity index (χ1v) is 13.5. The Labute approximate surface area is 195 Å². The van der Waals surface area contributed by atoms with E-state index in [1.165, 1.54) is 25.3 Å². The van der Waals surface area contributed by atoms with Crippen molar-refractivity contribution < 1.29 is 27.9 Å². The Hall–Kier alpha value is -1.77. The fourth-order valence-corrected chi connectivity index (χ4v) is 8.82. The zero-order chi connectivity index (χ0) is 23.5. The van der Waals surface area contributed by atoms with E-state index in [9.17, 15) is 23.1 Å². The molecular weight excluding hydrogens is 442 g/mol. The number of esters is 1. The van der Waals surface area contributed by atoms with Gasteiger partial charge >= 0.3 is 5.97 Å². The topological polar surface area (TPSA) is 101 Å².